The van der Waals surface area contributed by atoms with Crippen LogP contribution in [0.2, 0.25) is 0 Å². The number of hydrogen-bond acceptors (Lipinski definition) is 4. The summed E-state index contributed by atoms with van der Waals surface area (Å²) in [5, 5.41) is 6.08. The van der Waals surface area contributed by atoms with Crippen LogP contribution in [0.1, 0.15) is 29.9 Å². The number of benzene rings is 2. The Kier molecular flexibility index (Phi) is 6.05. The summed E-state index contributed by atoms with van der Waals surface area (Å²) in [6.07, 6.45) is 1.66. The zero-order valence-electron chi connectivity index (χ0n) is 15.5. The summed E-state index contributed by atoms with van der Waals surface area (Å²) >= 11 is 0. The van der Waals surface area contributed by atoms with Crippen molar-refractivity contribution in [2.24, 2.45) is 0 Å². The summed E-state index contributed by atoms with van der Waals surface area (Å²) in [5.74, 6) is 0.503. The first-order chi connectivity index (χ1) is 13.1. The van der Waals surface area contributed by atoms with Gasteiger partial charge >= 0.3 is 0 Å². The SMILES string of the molecule is CC(C)Nc1ccc(C(=O)Nc2ccc(OCc3ccccc3)cc2)nc1. The van der Waals surface area contributed by atoms with Gasteiger partial charge in [0.2, 0.25) is 0 Å². The van der Waals surface area contributed by atoms with Crippen LogP contribution in [-0.2, 0) is 6.61 Å². The highest BCUT2D eigenvalue weighted by atomic mass is 16.5. The number of nitrogens with one attached hydrogen (secondary N) is 2. The molecule has 2 N–H and O–H groups in total. The van der Waals surface area contributed by atoms with Gasteiger partial charge in [-0.3, -0.25) is 4.79 Å². The minimum Gasteiger partial charge on any atom is -0.489 e. The number of aromatic nitrogens is 1. The average molecular weight is 361 g/mol. The summed E-state index contributed by atoms with van der Waals surface area (Å²) in [7, 11) is 0. The summed E-state index contributed by atoms with van der Waals surface area (Å²) in [5.41, 5.74) is 3.06. The van der Waals surface area contributed by atoms with E-state index in [1.807, 2.05) is 74.5 Å². The van der Waals surface area contributed by atoms with E-state index in [0.29, 0.717) is 24.0 Å². The van der Waals surface area contributed by atoms with Crippen LogP contribution < -0.4 is 15.4 Å². The fourth-order valence-electron chi connectivity index (χ4n) is 2.52. The van der Waals surface area contributed by atoms with E-state index in [9.17, 15) is 4.79 Å². The second-order valence-electron chi connectivity index (χ2n) is 6.48. The molecular weight excluding hydrogens is 338 g/mol. The van der Waals surface area contributed by atoms with Crippen LogP contribution in [0.5, 0.6) is 5.75 Å². The van der Waals surface area contributed by atoms with Crippen molar-refractivity contribution >= 4 is 17.3 Å². The van der Waals surface area contributed by atoms with Crippen molar-refractivity contribution in [3.8, 4) is 5.75 Å². The highest BCUT2D eigenvalue weighted by Crippen LogP contribution is 2.18. The van der Waals surface area contributed by atoms with E-state index in [0.717, 1.165) is 17.0 Å². The molecule has 0 atom stereocenters. The van der Waals surface area contributed by atoms with Crippen LogP contribution in [-0.4, -0.2) is 16.9 Å². The van der Waals surface area contributed by atoms with Crippen molar-refractivity contribution in [3.05, 3.63) is 84.2 Å². The number of rotatable bonds is 7. The van der Waals surface area contributed by atoms with E-state index in [2.05, 4.69) is 15.6 Å². The molecule has 0 saturated heterocycles. The minimum atomic E-state index is -0.246. The zero-order valence-corrected chi connectivity index (χ0v) is 15.5. The van der Waals surface area contributed by atoms with Crippen molar-refractivity contribution in [2.45, 2.75) is 26.5 Å². The van der Waals surface area contributed by atoms with Gasteiger partial charge in [0, 0.05) is 11.7 Å². The first-order valence-electron chi connectivity index (χ1n) is 8.91. The maximum atomic E-state index is 12.3. The fraction of sp³-hybridized carbons (Fsp3) is 0.182. The molecule has 3 aromatic rings. The number of anilines is 2. The van der Waals surface area contributed by atoms with Gasteiger partial charge in [0.1, 0.15) is 18.1 Å². The van der Waals surface area contributed by atoms with Gasteiger partial charge in [-0.15, -0.1) is 0 Å². The quantitative estimate of drug-likeness (QED) is 0.638. The van der Waals surface area contributed by atoms with Crippen LogP contribution in [0.25, 0.3) is 0 Å². The molecule has 0 radical (unpaired) electrons. The molecule has 3 rings (SSSR count). The third kappa shape index (κ3) is 5.57. The molecule has 0 aliphatic rings. The monoisotopic (exact) mass is 361 g/mol. The van der Waals surface area contributed by atoms with Crippen LogP contribution in [0.4, 0.5) is 11.4 Å². The molecule has 0 spiro atoms. The maximum Gasteiger partial charge on any atom is 0.274 e. The normalized spacial score (nSPS) is 10.5. The molecule has 0 fully saturated rings. The lowest BCUT2D eigenvalue weighted by Crippen LogP contribution is -2.14. The Bertz CT molecular complexity index is 860. The highest BCUT2D eigenvalue weighted by molar-refractivity contribution is 6.02. The number of hydrogen-bond donors (Lipinski definition) is 2. The number of pyridine rings is 1. The van der Waals surface area contributed by atoms with Gasteiger partial charge in [-0.25, -0.2) is 4.98 Å². The Morgan fingerprint density at radius 1 is 0.963 bits per heavy atom. The largest absolute Gasteiger partial charge is 0.489 e. The van der Waals surface area contributed by atoms with Crippen molar-refractivity contribution in [1.29, 1.82) is 0 Å². The highest BCUT2D eigenvalue weighted by Gasteiger charge is 2.08. The average Bonchev–Trinajstić information content (AvgIpc) is 2.68. The summed E-state index contributed by atoms with van der Waals surface area (Å²) < 4.78 is 5.75. The predicted octanol–water partition coefficient (Wildman–Crippen LogP) is 4.73. The van der Waals surface area contributed by atoms with E-state index in [1.165, 1.54) is 0 Å². The number of ether oxygens (including phenoxy) is 1. The third-order valence-electron chi connectivity index (χ3n) is 3.81. The van der Waals surface area contributed by atoms with Gasteiger partial charge in [-0.05, 0) is 55.8 Å². The summed E-state index contributed by atoms with van der Waals surface area (Å²) in [4.78, 5) is 16.5. The maximum absolute atomic E-state index is 12.3. The Morgan fingerprint density at radius 3 is 2.30 bits per heavy atom. The van der Waals surface area contributed by atoms with Gasteiger partial charge in [0.05, 0.1) is 11.9 Å². The van der Waals surface area contributed by atoms with E-state index in [4.69, 9.17) is 4.74 Å². The molecule has 5 nitrogen and oxygen atoms in total. The number of carbonyl (C=O) groups is 1. The van der Waals surface area contributed by atoms with Gasteiger partial charge in [-0.2, -0.15) is 0 Å². The molecule has 138 valence electrons. The first-order valence-corrected chi connectivity index (χ1v) is 8.91. The molecule has 1 heterocycles. The van der Waals surface area contributed by atoms with Crippen LogP contribution in [0.3, 0.4) is 0 Å². The predicted molar refractivity (Wildman–Crippen MR) is 108 cm³/mol. The van der Waals surface area contributed by atoms with Gasteiger partial charge < -0.3 is 15.4 Å². The second kappa shape index (κ2) is 8.85. The van der Waals surface area contributed by atoms with Gasteiger partial charge in [0.15, 0.2) is 0 Å². The van der Waals surface area contributed by atoms with E-state index < -0.39 is 0 Å². The Morgan fingerprint density at radius 2 is 1.67 bits per heavy atom. The Labute approximate surface area is 159 Å². The second-order valence-corrected chi connectivity index (χ2v) is 6.48. The number of carbonyl (C=O) groups excluding carboxylic acids is 1. The smallest absolute Gasteiger partial charge is 0.274 e. The van der Waals surface area contributed by atoms with Crippen LogP contribution in [0, 0.1) is 0 Å². The lowest BCUT2D eigenvalue weighted by molar-refractivity contribution is 0.102. The number of amides is 1. The Balaban J connectivity index is 1.55. The molecule has 1 aromatic heterocycles. The molecular formula is C22H23N3O2. The van der Waals surface area contributed by atoms with E-state index in [1.54, 1.807) is 12.3 Å². The topological polar surface area (TPSA) is 63.2 Å². The summed E-state index contributed by atoms with van der Waals surface area (Å²) in [6, 6.07) is 21.1. The van der Waals surface area contributed by atoms with Crippen molar-refractivity contribution in [3.63, 3.8) is 0 Å². The number of nitrogens with zero attached hydrogens (tertiary/aromatic N) is 1. The molecule has 0 bridgehead atoms. The molecule has 1 amide bonds. The van der Waals surface area contributed by atoms with Gasteiger partial charge in [0.25, 0.3) is 5.91 Å². The first kappa shape index (κ1) is 18.5. The third-order valence-corrected chi connectivity index (χ3v) is 3.81. The Hall–Kier alpha value is -3.34. The van der Waals surface area contributed by atoms with Crippen LogP contribution in [0.15, 0.2) is 72.9 Å². The van der Waals surface area contributed by atoms with E-state index in [-0.39, 0.29) is 5.91 Å². The molecule has 0 aliphatic carbocycles. The molecule has 27 heavy (non-hydrogen) atoms. The fourth-order valence-corrected chi connectivity index (χ4v) is 2.52. The minimum absolute atomic E-state index is 0.246. The molecule has 2 aromatic carbocycles. The molecule has 0 unspecified atom stereocenters. The van der Waals surface area contributed by atoms with Crippen molar-refractivity contribution in [2.75, 3.05) is 10.6 Å². The molecule has 5 heteroatoms. The van der Waals surface area contributed by atoms with Crippen molar-refractivity contribution < 1.29 is 9.53 Å². The zero-order chi connectivity index (χ0) is 19.1. The van der Waals surface area contributed by atoms with Crippen LogP contribution >= 0.6 is 0 Å². The molecule has 0 aliphatic heterocycles. The van der Waals surface area contributed by atoms with Gasteiger partial charge in [-0.1, -0.05) is 30.3 Å². The van der Waals surface area contributed by atoms with Crippen molar-refractivity contribution in [1.82, 2.24) is 4.98 Å². The lowest BCUT2D eigenvalue weighted by Gasteiger charge is -2.10. The van der Waals surface area contributed by atoms with E-state index >= 15 is 0 Å². The lowest BCUT2D eigenvalue weighted by atomic mass is 10.2. The summed E-state index contributed by atoms with van der Waals surface area (Å²) in [6.45, 7) is 4.61. The molecule has 0 saturated carbocycles. The standard InChI is InChI=1S/C22H23N3O2/c1-16(2)24-19-10-13-21(23-14-19)22(26)25-18-8-11-20(12-9-18)27-15-17-6-4-3-5-7-17/h3-14,16,24H,15H2,1-2H3,(H,25,26).